The van der Waals surface area contributed by atoms with E-state index in [0.29, 0.717) is 33.8 Å². The van der Waals surface area contributed by atoms with Gasteiger partial charge in [-0.15, -0.1) is 0 Å². The highest BCUT2D eigenvalue weighted by atomic mass is 19.1. The number of aryl methyl sites for hydroxylation is 2. The summed E-state index contributed by atoms with van der Waals surface area (Å²) in [5.41, 5.74) is 18.1. The molecule has 5 rings (SSSR count). The SMILES string of the molecule is Cc1ccnc(Oc2ccc(-n3c(-c4ccc(N)cc4CC#N)c(C)c4ncnc(N)c43)cc2F)n1. The van der Waals surface area contributed by atoms with Crippen LogP contribution in [-0.2, 0) is 6.42 Å². The second-order valence-electron chi connectivity index (χ2n) is 8.21. The number of aromatic nitrogens is 5. The molecule has 5 aromatic rings. The number of ether oxygens (including phenoxy) is 1. The Bertz CT molecular complexity index is 1670. The Morgan fingerprint density at radius 3 is 2.64 bits per heavy atom. The van der Waals surface area contributed by atoms with Crippen LogP contribution >= 0.6 is 0 Å². The third-order valence-corrected chi connectivity index (χ3v) is 5.81. The van der Waals surface area contributed by atoms with E-state index < -0.39 is 5.82 Å². The molecule has 0 aliphatic rings. The fraction of sp³-hybridized carbons (Fsp3) is 0.115. The minimum Gasteiger partial charge on any atom is -0.421 e. The van der Waals surface area contributed by atoms with Gasteiger partial charge in [0.05, 0.1) is 23.7 Å². The van der Waals surface area contributed by atoms with Gasteiger partial charge in [-0.3, -0.25) is 0 Å². The molecular weight excluding hydrogens is 459 g/mol. The van der Waals surface area contributed by atoms with Gasteiger partial charge in [0.25, 0.3) is 0 Å². The van der Waals surface area contributed by atoms with Crippen molar-refractivity contribution in [3.8, 4) is 34.8 Å². The van der Waals surface area contributed by atoms with E-state index in [9.17, 15) is 5.26 Å². The van der Waals surface area contributed by atoms with E-state index in [4.69, 9.17) is 16.2 Å². The van der Waals surface area contributed by atoms with Crippen molar-refractivity contribution >= 4 is 22.5 Å². The van der Waals surface area contributed by atoms with Crippen LogP contribution in [0.25, 0.3) is 28.0 Å². The van der Waals surface area contributed by atoms with Gasteiger partial charge < -0.3 is 20.8 Å². The van der Waals surface area contributed by atoms with E-state index in [-0.39, 0.29) is 24.0 Å². The third kappa shape index (κ3) is 3.92. The average molecular weight is 481 g/mol. The highest BCUT2D eigenvalue weighted by molar-refractivity contribution is 5.96. The quantitative estimate of drug-likeness (QED) is 0.346. The molecule has 3 heterocycles. The average Bonchev–Trinajstić information content (AvgIpc) is 3.14. The van der Waals surface area contributed by atoms with Gasteiger partial charge in [0.1, 0.15) is 11.8 Å². The van der Waals surface area contributed by atoms with Gasteiger partial charge in [-0.05, 0) is 49.7 Å². The van der Waals surface area contributed by atoms with E-state index in [1.54, 1.807) is 42.0 Å². The zero-order valence-corrected chi connectivity index (χ0v) is 19.5. The number of nitrogens with zero attached hydrogens (tertiary/aromatic N) is 6. The molecule has 0 unspecified atom stereocenters. The van der Waals surface area contributed by atoms with Gasteiger partial charge in [0.2, 0.25) is 0 Å². The Kier molecular flexibility index (Phi) is 5.66. The molecule has 10 heteroatoms. The number of nitrogens with two attached hydrogens (primary N) is 2. The van der Waals surface area contributed by atoms with E-state index in [1.807, 2.05) is 13.0 Å². The van der Waals surface area contributed by atoms with Crippen LogP contribution in [0.15, 0.2) is 55.0 Å². The molecule has 0 radical (unpaired) electrons. The van der Waals surface area contributed by atoms with Crippen LogP contribution in [0.4, 0.5) is 15.9 Å². The normalized spacial score (nSPS) is 10.9. The number of halogens is 1. The van der Waals surface area contributed by atoms with Crippen LogP contribution in [0.5, 0.6) is 11.8 Å². The summed E-state index contributed by atoms with van der Waals surface area (Å²) in [4.78, 5) is 16.8. The van der Waals surface area contributed by atoms with Crippen LogP contribution in [0.2, 0.25) is 0 Å². The van der Waals surface area contributed by atoms with E-state index in [1.165, 1.54) is 18.5 Å². The Hall–Kier alpha value is -5.04. The molecule has 3 aromatic heterocycles. The van der Waals surface area contributed by atoms with Crippen LogP contribution < -0.4 is 16.2 Å². The highest BCUT2D eigenvalue weighted by Gasteiger charge is 2.23. The summed E-state index contributed by atoms with van der Waals surface area (Å²) in [6.07, 6.45) is 3.07. The molecule has 0 fully saturated rings. The molecule has 2 aromatic carbocycles. The van der Waals surface area contributed by atoms with Crippen molar-refractivity contribution in [3.63, 3.8) is 0 Å². The summed E-state index contributed by atoms with van der Waals surface area (Å²) in [6.45, 7) is 3.69. The van der Waals surface area contributed by atoms with Crippen molar-refractivity contribution in [2.24, 2.45) is 0 Å². The number of benzene rings is 2. The smallest absolute Gasteiger partial charge is 0.322 e. The molecule has 0 bridgehead atoms. The van der Waals surface area contributed by atoms with E-state index in [0.717, 1.165) is 16.7 Å². The lowest BCUT2D eigenvalue weighted by atomic mass is 9.99. The standard InChI is InChI=1S/C26H21FN8O/c1-14-8-10-31-26(34-14)36-21-6-4-18(12-20(21)27)35-23(15(2)22-24(35)25(30)33-13-32-22)19-5-3-17(29)11-16(19)7-9-28/h3-6,8,10-13H,7,29H2,1-2H3,(H2,30,32,33). The number of hydrogen-bond donors (Lipinski definition) is 2. The van der Waals surface area contributed by atoms with E-state index >= 15 is 4.39 Å². The zero-order chi connectivity index (χ0) is 25.4. The summed E-state index contributed by atoms with van der Waals surface area (Å²) in [5.74, 6) is -0.408. The van der Waals surface area contributed by atoms with Crippen molar-refractivity contribution in [3.05, 3.63) is 77.6 Å². The van der Waals surface area contributed by atoms with Gasteiger partial charge in [-0.2, -0.15) is 5.26 Å². The van der Waals surface area contributed by atoms with Gasteiger partial charge >= 0.3 is 6.01 Å². The Morgan fingerprint density at radius 1 is 1.06 bits per heavy atom. The lowest BCUT2D eigenvalue weighted by molar-refractivity contribution is 0.410. The summed E-state index contributed by atoms with van der Waals surface area (Å²) >= 11 is 0. The largest absolute Gasteiger partial charge is 0.421 e. The molecule has 4 N–H and O–H groups in total. The lowest BCUT2D eigenvalue weighted by Gasteiger charge is -2.16. The van der Waals surface area contributed by atoms with Crippen molar-refractivity contribution in [2.75, 3.05) is 11.5 Å². The highest BCUT2D eigenvalue weighted by Crippen LogP contribution is 2.39. The molecular formula is C26H21FN8O. The predicted molar refractivity (Wildman–Crippen MR) is 134 cm³/mol. The lowest BCUT2D eigenvalue weighted by Crippen LogP contribution is -2.04. The predicted octanol–water partition coefficient (Wildman–Crippen LogP) is 4.66. The topological polar surface area (TPSA) is 142 Å². The molecule has 0 spiro atoms. The van der Waals surface area contributed by atoms with Gasteiger partial charge in [-0.25, -0.2) is 24.3 Å². The maximum Gasteiger partial charge on any atom is 0.322 e. The molecule has 0 saturated carbocycles. The second kappa shape index (κ2) is 8.96. The molecule has 9 nitrogen and oxygen atoms in total. The van der Waals surface area contributed by atoms with Crippen LogP contribution in [-0.4, -0.2) is 24.5 Å². The maximum absolute atomic E-state index is 15.3. The first-order valence-electron chi connectivity index (χ1n) is 11.0. The van der Waals surface area contributed by atoms with Crippen molar-refractivity contribution in [1.82, 2.24) is 24.5 Å². The molecule has 178 valence electrons. The number of anilines is 2. The number of nitrogen functional groups attached to an aromatic ring is 2. The van der Waals surface area contributed by atoms with Crippen LogP contribution in [0.3, 0.4) is 0 Å². The summed E-state index contributed by atoms with van der Waals surface area (Å²) in [6, 6.07) is 13.8. The van der Waals surface area contributed by atoms with Crippen LogP contribution in [0, 0.1) is 31.0 Å². The number of nitriles is 1. The van der Waals surface area contributed by atoms with Gasteiger partial charge in [-0.1, -0.05) is 6.07 Å². The Balaban J connectivity index is 1.73. The number of fused-ring (bicyclic) bond motifs is 1. The fourth-order valence-corrected chi connectivity index (χ4v) is 4.22. The van der Waals surface area contributed by atoms with Gasteiger partial charge in [0, 0.05) is 40.5 Å². The first-order chi connectivity index (χ1) is 17.4. The first kappa shape index (κ1) is 22.7. The molecule has 0 amide bonds. The van der Waals surface area contributed by atoms with Crippen molar-refractivity contribution in [2.45, 2.75) is 20.3 Å². The minimum atomic E-state index is -0.618. The van der Waals surface area contributed by atoms with E-state index in [2.05, 4.69) is 26.0 Å². The maximum atomic E-state index is 15.3. The molecule has 36 heavy (non-hydrogen) atoms. The van der Waals surface area contributed by atoms with Crippen molar-refractivity contribution in [1.29, 1.82) is 5.26 Å². The summed E-state index contributed by atoms with van der Waals surface area (Å²) in [5, 5.41) is 9.41. The van der Waals surface area contributed by atoms with Crippen molar-refractivity contribution < 1.29 is 9.13 Å². The monoisotopic (exact) mass is 480 g/mol. The molecule has 0 aliphatic heterocycles. The summed E-state index contributed by atoms with van der Waals surface area (Å²) < 4.78 is 22.7. The molecule has 0 saturated heterocycles. The van der Waals surface area contributed by atoms with Crippen LogP contribution in [0.1, 0.15) is 16.8 Å². The summed E-state index contributed by atoms with van der Waals surface area (Å²) in [7, 11) is 0. The Labute approximate surface area is 205 Å². The Morgan fingerprint density at radius 2 is 1.89 bits per heavy atom. The molecule has 0 atom stereocenters. The number of hydrogen-bond acceptors (Lipinski definition) is 8. The third-order valence-electron chi connectivity index (χ3n) is 5.81. The minimum absolute atomic E-state index is 0.0269. The molecule has 0 aliphatic carbocycles. The zero-order valence-electron chi connectivity index (χ0n) is 19.5. The number of rotatable bonds is 5. The first-order valence-corrected chi connectivity index (χ1v) is 11.0. The van der Waals surface area contributed by atoms with Gasteiger partial charge in [0.15, 0.2) is 17.4 Å². The fourth-order valence-electron chi connectivity index (χ4n) is 4.22. The second-order valence-corrected chi connectivity index (χ2v) is 8.21.